The molecule has 0 heterocycles. The molecule has 0 unspecified atom stereocenters. The molecule has 6 heteroatoms. The quantitative estimate of drug-likeness (QED) is 0.492. The molecule has 1 rings (SSSR count). The molecule has 0 aliphatic rings. The summed E-state index contributed by atoms with van der Waals surface area (Å²) in [5, 5.41) is 4.91. The molecule has 0 fully saturated rings. The number of carbonyl (C=O) groups excluding carboxylic acids is 1. The SMILES string of the molecule is CC(CBr)(CBr)NC(=O)c1ccc(I)c(Cl)c1. The number of rotatable bonds is 4. The van der Waals surface area contributed by atoms with Crippen LogP contribution < -0.4 is 5.32 Å². The molecule has 1 amide bonds. The van der Waals surface area contributed by atoms with Crippen LogP contribution in [0.2, 0.25) is 5.02 Å². The van der Waals surface area contributed by atoms with Gasteiger partial charge in [-0.05, 0) is 47.7 Å². The monoisotopic (exact) mass is 493 g/mol. The van der Waals surface area contributed by atoms with Gasteiger partial charge in [-0.2, -0.15) is 0 Å². The number of alkyl halides is 2. The normalized spacial score (nSPS) is 11.4. The Morgan fingerprint density at radius 2 is 2.06 bits per heavy atom. The van der Waals surface area contributed by atoms with Crippen LogP contribution in [0.3, 0.4) is 0 Å². The van der Waals surface area contributed by atoms with Crippen molar-refractivity contribution >= 4 is 72.0 Å². The fraction of sp³-hybridized carbons (Fsp3) is 0.364. The van der Waals surface area contributed by atoms with Crippen LogP contribution in [-0.2, 0) is 0 Å². The predicted octanol–water partition coefficient (Wildman–Crippen LogP) is 4.22. The average molecular weight is 495 g/mol. The number of carbonyl (C=O) groups is 1. The number of nitrogens with one attached hydrogen (secondary N) is 1. The molecule has 17 heavy (non-hydrogen) atoms. The van der Waals surface area contributed by atoms with Gasteiger partial charge < -0.3 is 5.32 Å². The molecule has 0 saturated carbocycles. The summed E-state index contributed by atoms with van der Waals surface area (Å²) in [7, 11) is 0. The van der Waals surface area contributed by atoms with Gasteiger partial charge >= 0.3 is 0 Å². The first-order chi connectivity index (χ1) is 7.91. The Kier molecular flexibility index (Phi) is 6.22. The van der Waals surface area contributed by atoms with Gasteiger partial charge in [0.05, 0.1) is 10.6 Å². The van der Waals surface area contributed by atoms with Crippen molar-refractivity contribution in [2.45, 2.75) is 12.5 Å². The van der Waals surface area contributed by atoms with E-state index in [1.165, 1.54) is 0 Å². The van der Waals surface area contributed by atoms with E-state index in [1.807, 2.05) is 13.0 Å². The molecule has 0 radical (unpaired) electrons. The molecule has 0 spiro atoms. The second kappa shape index (κ2) is 6.73. The van der Waals surface area contributed by atoms with E-state index in [0.29, 0.717) is 21.2 Å². The van der Waals surface area contributed by atoms with Crippen LogP contribution in [0.5, 0.6) is 0 Å². The smallest absolute Gasteiger partial charge is 0.251 e. The standard InChI is InChI=1S/C11H11Br2ClINO/c1-11(5-12,6-13)16-10(17)7-2-3-9(15)8(14)4-7/h2-4H,5-6H2,1H3,(H,16,17). The molecule has 0 atom stereocenters. The Morgan fingerprint density at radius 3 is 2.53 bits per heavy atom. The second-order valence-corrected chi connectivity index (χ2v) is 6.60. The summed E-state index contributed by atoms with van der Waals surface area (Å²) in [5.41, 5.74) is 0.260. The Hall–Kier alpha value is 0.670. The fourth-order valence-corrected chi connectivity index (χ4v) is 2.81. The third kappa shape index (κ3) is 4.36. The third-order valence-corrected chi connectivity index (χ3v) is 6.23. The van der Waals surface area contributed by atoms with Gasteiger partial charge in [0.15, 0.2) is 0 Å². The zero-order valence-electron chi connectivity index (χ0n) is 9.07. The highest BCUT2D eigenvalue weighted by molar-refractivity contribution is 14.1. The number of benzene rings is 1. The third-order valence-electron chi connectivity index (χ3n) is 2.19. The molecule has 2 nitrogen and oxygen atoms in total. The Bertz CT molecular complexity index is 424. The molecular weight excluding hydrogens is 484 g/mol. The number of amides is 1. The zero-order chi connectivity index (χ0) is 13.1. The van der Waals surface area contributed by atoms with Gasteiger partial charge in [0, 0.05) is 19.8 Å². The summed E-state index contributed by atoms with van der Waals surface area (Å²) in [5.74, 6) is -0.121. The maximum atomic E-state index is 12.0. The summed E-state index contributed by atoms with van der Waals surface area (Å²) in [6.45, 7) is 1.96. The lowest BCUT2D eigenvalue weighted by atomic mass is 10.1. The van der Waals surface area contributed by atoms with Crippen LogP contribution in [0.25, 0.3) is 0 Å². The second-order valence-electron chi connectivity index (χ2n) is 3.91. The van der Waals surface area contributed by atoms with Gasteiger partial charge in [0.1, 0.15) is 0 Å². The van der Waals surface area contributed by atoms with Gasteiger partial charge in [-0.25, -0.2) is 0 Å². The van der Waals surface area contributed by atoms with E-state index in [9.17, 15) is 4.79 Å². The van der Waals surface area contributed by atoms with E-state index in [4.69, 9.17) is 11.6 Å². The fourth-order valence-electron chi connectivity index (χ4n) is 1.09. The van der Waals surface area contributed by atoms with Crippen molar-refractivity contribution in [3.63, 3.8) is 0 Å². The Labute approximate surface area is 136 Å². The lowest BCUT2D eigenvalue weighted by Crippen LogP contribution is -2.48. The van der Waals surface area contributed by atoms with E-state index < -0.39 is 0 Å². The number of halogens is 4. The summed E-state index contributed by atoms with van der Waals surface area (Å²) >= 11 is 14.9. The van der Waals surface area contributed by atoms with E-state index in [2.05, 4.69) is 59.8 Å². The first-order valence-electron chi connectivity index (χ1n) is 4.81. The molecule has 94 valence electrons. The number of hydrogen-bond donors (Lipinski definition) is 1. The molecule has 0 bridgehead atoms. The van der Waals surface area contributed by atoms with Crippen LogP contribution >= 0.6 is 66.1 Å². The molecular formula is C11H11Br2ClINO. The number of hydrogen-bond acceptors (Lipinski definition) is 1. The Morgan fingerprint density at radius 1 is 1.47 bits per heavy atom. The zero-order valence-corrected chi connectivity index (χ0v) is 15.2. The summed E-state index contributed by atoms with van der Waals surface area (Å²) in [6.07, 6.45) is 0. The minimum atomic E-state index is -0.313. The molecule has 1 aromatic carbocycles. The molecule has 0 saturated heterocycles. The van der Waals surface area contributed by atoms with Crippen molar-refractivity contribution in [1.29, 1.82) is 0 Å². The van der Waals surface area contributed by atoms with Crippen LogP contribution in [0.1, 0.15) is 17.3 Å². The predicted molar refractivity (Wildman–Crippen MR) is 87.6 cm³/mol. The highest BCUT2D eigenvalue weighted by Gasteiger charge is 2.24. The van der Waals surface area contributed by atoms with Crippen LogP contribution in [0.15, 0.2) is 18.2 Å². The minimum Gasteiger partial charge on any atom is -0.345 e. The van der Waals surface area contributed by atoms with E-state index in [0.717, 1.165) is 3.57 Å². The van der Waals surface area contributed by atoms with Gasteiger partial charge in [0.2, 0.25) is 0 Å². The van der Waals surface area contributed by atoms with Crippen LogP contribution in [-0.4, -0.2) is 22.1 Å². The first kappa shape index (κ1) is 15.7. The summed E-state index contributed by atoms with van der Waals surface area (Å²) < 4.78 is 0.935. The van der Waals surface area contributed by atoms with E-state index in [1.54, 1.807) is 12.1 Å². The van der Waals surface area contributed by atoms with E-state index >= 15 is 0 Å². The molecule has 0 aliphatic heterocycles. The minimum absolute atomic E-state index is 0.121. The lowest BCUT2D eigenvalue weighted by Gasteiger charge is -2.26. The lowest BCUT2D eigenvalue weighted by molar-refractivity contribution is 0.0923. The molecule has 1 N–H and O–H groups in total. The first-order valence-corrected chi connectivity index (χ1v) is 8.51. The van der Waals surface area contributed by atoms with Crippen LogP contribution in [0, 0.1) is 3.57 Å². The van der Waals surface area contributed by atoms with Gasteiger partial charge in [-0.3, -0.25) is 4.79 Å². The average Bonchev–Trinajstić information content (AvgIpc) is 2.32. The highest BCUT2D eigenvalue weighted by atomic mass is 127. The largest absolute Gasteiger partial charge is 0.345 e. The summed E-state index contributed by atoms with van der Waals surface area (Å²) in [4.78, 5) is 12.0. The van der Waals surface area contributed by atoms with Crippen molar-refractivity contribution in [2.24, 2.45) is 0 Å². The van der Waals surface area contributed by atoms with Crippen molar-refractivity contribution in [3.05, 3.63) is 32.4 Å². The van der Waals surface area contributed by atoms with E-state index in [-0.39, 0.29) is 11.4 Å². The van der Waals surface area contributed by atoms with Crippen molar-refractivity contribution in [3.8, 4) is 0 Å². The van der Waals surface area contributed by atoms with Gasteiger partial charge in [-0.15, -0.1) is 0 Å². The topological polar surface area (TPSA) is 29.1 Å². The maximum Gasteiger partial charge on any atom is 0.251 e. The maximum absolute atomic E-state index is 12.0. The highest BCUT2D eigenvalue weighted by Crippen LogP contribution is 2.20. The van der Waals surface area contributed by atoms with Crippen molar-refractivity contribution < 1.29 is 4.79 Å². The van der Waals surface area contributed by atoms with Gasteiger partial charge in [-0.1, -0.05) is 43.5 Å². The Balaban J connectivity index is 2.86. The van der Waals surface area contributed by atoms with Gasteiger partial charge in [0.25, 0.3) is 5.91 Å². The molecule has 1 aromatic rings. The van der Waals surface area contributed by atoms with Crippen molar-refractivity contribution in [2.75, 3.05) is 10.7 Å². The molecule has 0 aromatic heterocycles. The van der Waals surface area contributed by atoms with Crippen LogP contribution in [0.4, 0.5) is 0 Å². The summed E-state index contributed by atoms with van der Waals surface area (Å²) in [6, 6.07) is 5.28. The van der Waals surface area contributed by atoms with Crippen molar-refractivity contribution in [1.82, 2.24) is 5.32 Å². The molecule has 0 aliphatic carbocycles.